The third-order valence-electron chi connectivity index (χ3n) is 3.39. The van der Waals surface area contributed by atoms with Gasteiger partial charge in [0.1, 0.15) is 11.8 Å². The molecule has 2 aromatic heterocycles. The van der Waals surface area contributed by atoms with Crippen molar-refractivity contribution in [1.29, 1.82) is 0 Å². The van der Waals surface area contributed by atoms with Crippen molar-refractivity contribution in [2.45, 2.75) is 38.0 Å². The average Bonchev–Trinajstić information content (AvgIpc) is 2.92. The summed E-state index contributed by atoms with van der Waals surface area (Å²) in [5.74, 6) is 0. The van der Waals surface area contributed by atoms with Crippen LogP contribution in [0.5, 0.6) is 0 Å². The van der Waals surface area contributed by atoms with Crippen LogP contribution < -0.4 is 5.32 Å². The summed E-state index contributed by atoms with van der Waals surface area (Å²) in [7, 11) is 0. The zero-order valence-corrected chi connectivity index (χ0v) is 9.64. The van der Waals surface area contributed by atoms with Gasteiger partial charge in [-0.15, -0.1) is 0 Å². The standard InChI is InChI=1S/C13H16FN3/c14-11-4-3-5-12(11)15-8-10-9-17-7-2-1-6-13(17)16-10/h1-2,6-7,9,11-12,15H,3-5,8H2. The fraction of sp³-hybridized carbons (Fsp3) is 0.462. The number of fused-ring (bicyclic) bond motifs is 1. The van der Waals surface area contributed by atoms with Gasteiger partial charge in [-0.25, -0.2) is 9.37 Å². The largest absolute Gasteiger partial charge is 0.307 e. The van der Waals surface area contributed by atoms with Crippen LogP contribution in [0.15, 0.2) is 30.6 Å². The van der Waals surface area contributed by atoms with E-state index in [0.29, 0.717) is 13.0 Å². The van der Waals surface area contributed by atoms with Gasteiger partial charge in [0.2, 0.25) is 0 Å². The molecule has 0 radical (unpaired) electrons. The van der Waals surface area contributed by atoms with E-state index >= 15 is 0 Å². The molecular weight excluding hydrogens is 217 g/mol. The van der Waals surface area contributed by atoms with E-state index in [1.54, 1.807) is 0 Å². The molecule has 3 nitrogen and oxygen atoms in total. The number of rotatable bonds is 3. The lowest BCUT2D eigenvalue weighted by atomic mass is 10.2. The molecule has 2 atom stereocenters. The topological polar surface area (TPSA) is 29.3 Å². The summed E-state index contributed by atoms with van der Waals surface area (Å²) >= 11 is 0. The summed E-state index contributed by atoms with van der Waals surface area (Å²) in [4.78, 5) is 4.48. The van der Waals surface area contributed by atoms with E-state index in [1.807, 2.05) is 35.0 Å². The maximum atomic E-state index is 13.4. The Morgan fingerprint density at radius 1 is 1.41 bits per heavy atom. The number of alkyl halides is 1. The number of nitrogens with one attached hydrogen (secondary N) is 1. The molecule has 0 saturated heterocycles. The SMILES string of the molecule is FC1CCCC1NCc1cn2ccccc2n1. The predicted molar refractivity (Wildman–Crippen MR) is 64.6 cm³/mol. The first-order valence-electron chi connectivity index (χ1n) is 6.13. The summed E-state index contributed by atoms with van der Waals surface area (Å²) in [5.41, 5.74) is 1.91. The van der Waals surface area contributed by atoms with Crippen LogP contribution >= 0.6 is 0 Å². The highest BCUT2D eigenvalue weighted by Crippen LogP contribution is 2.22. The third kappa shape index (κ3) is 2.17. The second-order valence-electron chi connectivity index (χ2n) is 4.63. The summed E-state index contributed by atoms with van der Waals surface area (Å²) in [6.07, 6.45) is 5.90. The number of hydrogen-bond donors (Lipinski definition) is 1. The summed E-state index contributed by atoms with van der Waals surface area (Å²) in [6.45, 7) is 0.646. The molecule has 0 bridgehead atoms. The highest BCUT2D eigenvalue weighted by Gasteiger charge is 2.26. The number of nitrogens with zero attached hydrogens (tertiary/aromatic N) is 2. The van der Waals surface area contributed by atoms with E-state index in [0.717, 1.165) is 24.2 Å². The number of hydrogen-bond acceptors (Lipinski definition) is 2. The molecule has 0 aliphatic heterocycles. The van der Waals surface area contributed by atoms with E-state index < -0.39 is 6.17 Å². The number of imidazole rings is 1. The van der Waals surface area contributed by atoms with E-state index in [2.05, 4.69) is 10.3 Å². The lowest BCUT2D eigenvalue weighted by Crippen LogP contribution is -2.32. The lowest BCUT2D eigenvalue weighted by molar-refractivity contribution is 0.279. The zero-order chi connectivity index (χ0) is 11.7. The normalized spacial score (nSPS) is 24.5. The second-order valence-corrected chi connectivity index (χ2v) is 4.63. The van der Waals surface area contributed by atoms with Gasteiger partial charge >= 0.3 is 0 Å². The van der Waals surface area contributed by atoms with Gasteiger partial charge in [0.05, 0.1) is 5.69 Å². The van der Waals surface area contributed by atoms with Gasteiger partial charge in [0.15, 0.2) is 0 Å². The molecule has 0 amide bonds. The zero-order valence-electron chi connectivity index (χ0n) is 9.64. The van der Waals surface area contributed by atoms with Crippen LogP contribution in [0.25, 0.3) is 5.65 Å². The molecule has 1 aliphatic rings. The maximum absolute atomic E-state index is 13.4. The Hall–Kier alpha value is -1.42. The summed E-state index contributed by atoms with van der Waals surface area (Å²) in [5, 5.41) is 3.26. The Morgan fingerprint density at radius 3 is 3.12 bits per heavy atom. The van der Waals surface area contributed by atoms with Gasteiger partial charge in [0, 0.05) is 25.0 Å². The average molecular weight is 233 g/mol. The summed E-state index contributed by atoms with van der Waals surface area (Å²) in [6, 6.07) is 5.92. The molecule has 3 rings (SSSR count). The van der Waals surface area contributed by atoms with Gasteiger partial charge in [-0.3, -0.25) is 0 Å². The molecule has 2 heterocycles. The molecular formula is C13H16FN3. The molecule has 4 heteroatoms. The Balaban J connectivity index is 1.68. The molecule has 0 aromatic carbocycles. The van der Waals surface area contributed by atoms with Gasteiger partial charge < -0.3 is 9.72 Å². The van der Waals surface area contributed by atoms with Crippen LogP contribution in [0.3, 0.4) is 0 Å². The number of pyridine rings is 1. The number of aromatic nitrogens is 2. The van der Waals surface area contributed by atoms with E-state index in [-0.39, 0.29) is 6.04 Å². The van der Waals surface area contributed by atoms with Crippen molar-refractivity contribution in [2.75, 3.05) is 0 Å². The van der Waals surface area contributed by atoms with Crippen LogP contribution in [-0.2, 0) is 6.54 Å². The van der Waals surface area contributed by atoms with Gasteiger partial charge in [-0.1, -0.05) is 6.07 Å². The van der Waals surface area contributed by atoms with Gasteiger partial charge in [-0.2, -0.15) is 0 Å². The van der Waals surface area contributed by atoms with Crippen molar-refractivity contribution in [1.82, 2.24) is 14.7 Å². The Morgan fingerprint density at radius 2 is 2.35 bits per heavy atom. The maximum Gasteiger partial charge on any atom is 0.137 e. The van der Waals surface area contributed by atoms with Crippen molar-refractivity contribution in [3.8, 4) is 0 Å². The quantitative estimate of drug-likeness (QED) is 0.881. The van der Waals surface area contributed by atoms with E-state index in [9.17, 15) is 4.39 Å². The third-order valence-corrected chi connectivity index (χ3v) is 3.39. The summed E-state index contributed by atoms with van der Waals surface area (Å²) < 4.78 is 15.4. The molecule has 0 spiro atoms. The fourth-order valence-electron chi connectivity index (χ4n) is 2.45. The van der Waals surface area contributed by atoms with Crippen molar-refractivity contribution in [2.24, 2.45) is 0 Å². The Bertz CT molecular complexity index is 475. The first-order chi connectivity index (χ1) is 8.33. The molecule has 2 unspecified atom stereocenters. The molecule has 2 aromatic rings. The first kappa shape index (κ1) is 10.7. The van der Waals surface area contributed by atoms with E-state index in [1.165, 1.54) is 0 Å². The van der Waals surface area contributed by atoms with Crippen molar-refractivity contribution in [3.05, 3.63) is 36.3 Å². The molecule has 1 fully saturated rings. The molecule has 1 saturated carbocycles. The molecule has 90 valence electrons. The van der Waals surface area contributed by atoms with E-state index in [4.69, 9.17) is 0 Å². The monoisotopic (exact) mass is 233 g/mol. The second kappa shape index (κ2) is 4.45. The predicted octanol–water partition coefficient (Wildman–Crippen LogP) is 2.31. The minimum absolute atomic E-state index is 0.0137. The van der Waals surface area contributed by atoms with Gasteiger partial charge in [-0.05, 0) is 31.4 Å². The Labute approximate surface area is 99.7 Å². The first-order valence-corrected chi connectivity index (χ1v) is 6.13. The molecule has 17 heavy (non-hydrogen) atoms. The van der Waals surface area contributed by atoms with Crippen molar-refractivity contribution in [3.63, 3.8) is 0 Å². The smallest absolute Gasteiger partial charge is 0.137 e. The fourth-order valence-corrected chi connectivity index (χ4v) is 2.45. The van der Waals surface area contributed by atoms with Crippen LogP contribution in [0.1, 0.15) is 25.0 Å². The van der Waals surface area contributed by atoms with Crippen LogP contribution in [0.4, 0.5) is 4.39 Å². The lowest BCUT2D eigenvalue weighted by Gasteiger charge is -2.13. The molecule has 1 N–H and O–H groups in total. The van der Waals surface area contributed by atoms with Crippen LogP contribution in [0.2, 0.25) is 0 Å². The highest BCUT2D eigenvalue weighted by atomic mass is 19.1. The van der Waals surface area contributed by atoms with Gasteiger partial charge in [0.25, 0.3) is 0 Å². The van der Waals surface area contributed by atoms with Crippen LogP contribution in [0, 0.1) is 0 Å². The van der Waals surface area contributed by atoms with Crippen molar-refractivity contribution < 1.29 is 4.39 Å². The van der Waals surface area contributed by atoms with Crippen molar-refractivity contribution >= 4 is 5.65 Å². The minimum atomic E-state index is -0.688. The minimum Gasteiger partial charge on any atom is -0.307 e. The Kier molecular flexibility index (Phi) is 2.81. The highest BCUT2D eigenvalue weighted by molar-refractivity contribution is 5.39. The van der Waals surface area contributed by atoms with Crippen LogP contribution in [-0.4, -0.2) is 21.6 Å². The number of halogens is 1. The molecule has 1 aliphatic carbocycles.